The standard InChI is InChI=1S/C52H44N2/c1-51(2)45-31-39(53(35-19-9-5-10-20-35)36-21-11-6-12-22-36)29-30-40(45)43-32-47-44(33-46(43)51)50-42-28-18-17-27-41(42)49(34-48(50)52(47,3)4)54(37-23-13-7-14-24-37)38-25-15-8-16-26-38/h5-21,23-34,36H,22H2,1-4H3. The Balaban J connectivity index is 1.14. The Morgan fingerprint density at radius 3 is 1.67 bits per heavy atom. The lowest BCUT2D eigenvalue weighted by atomic mass is 9.79. The normalized spacial score (nSPS) is 16.8. The Kier molecular flexibility index (Phi) is 7.36. The van der Waals surface area contributed by atoms with Gasteiger partial charge in [-0.3, -0.25) is 0 Å². The van der Waals surface area contributed by atoms with Gasteiger partial charge in [0.2, 0.25) is 0 Å². The molecule has 0 bridgehead atoms. The van der Waals surface area contributed by atoms with Gasteiger partial charge in [-0.1, -0.05) is 137 Å². The summed E-state index contributed by atoms with van der Waals surface area (Å²) in [5, 5.41) is 2.56. The van der Waals surface area contributed by atoms with Crippen molar-refractivity contribution in [2.75, 3.05) is 9.80 Å². The van der Waals surface area contributed by atoms with Gasteiger partial charge in [0.25, 0.3) is 0 Å². The maximum atomic E-state index is 2.56. The zero-order chi connectivity index (χ0) is 36.6. The molecule has 1 unspecified atom stereocenters. The Labute approximate surface area is 319 Å². The number of hydrogen-bond acceptors (Lipinski definition) is 2. The minimum atomic E-state index is -0.199. The number of nitrogens with zero attached hydrogens (tertiary/aromatic N) is 2. The molecular formula is C52H44N2. The molecule has 0 fully saturated rings. The predicted octanol–water partition coefficient (Wildman–Crippen LogP) is 13.9. The highest BCUT2D eigenvalue weighted by Crippen LogP contribution is 2.59. The lowest BCUT2D eigenvalue weighted by Crippen LogP contribution is -2.30. The number of benzene rings is 7. The van der Waals surface area contributed by atoms with Crippen molar-refractivity contribution < 1.29 is 0 Å². The average molecular weight is 697 g/mol. The number of para-hydroxylation sites is 3. The fraction of sp³-hybridized carbons (Fsp3) is 0.154. The molecule has 54 heavy (non-hydrogen) atoms. The van der Waals surface area contributed by atoms with Gasteiger partial charge < -0.3 is 9.80 Å². The van der Waals surface area contributed by atoms with Gasteiger partial charge in [0.1, 0.15) is 0 Å². The number of anilines is 5. The van der Waals surface area contributed by atoms with Crippen molar-refractivity contribution in [1.29, 1.82) is 0 Å². The van der Waals surface area contributed by atoms with Gasteiger partial charge in [-0.05, 0) is 123 Å². The predicted molar refractivity (Wildman–Crippen MR) is 229 cm³/mol. The van der Waals surface area contributed by atoms with E-state index in [-0.39, 0.29) is 16.9 Å². The second-order valence-corrected chi connectivity index (χ2v) is 16.1. The molecule has 0 spiro atoms. The molecule has 0 amide bonds. The Morgan fingerprint density at radius 1 is 0.463 bits per heavy atom. The molecule has 2 heteroatoms. The van der Waals surface area contributed by atoms with Gasteiger partial charge in [-0.25, -0.2) is 0 Å². The van der Waals surface area contributed by atoms with E-state index in [1.54, 1.807) is 0 Å². The third kappa shape index (κ3) is 4.86. The van der Waals surface area contributed by atoms with Crippen molar-refractivity contribution >= 4 is 39.2 Å². The molecule has 2 nitrogen and oxygen atoms in total. The second kappa shape index (κ2) is 12.2. The number of rotatable bonds is 6. The fourth-order valence-electron chi connectivity index (χ4n) is 9.57. The largest absolute Gasteiger partial charge is 0.334 e. The van der Waals surface area contributed by atoms with E-state index in [4.69, 9.17) is 0 Å². The molecule has 0 heterocycles. The highest BCUT2D eigenvalue weighted by atomic mass is 15.2. The summed E-state index contributed by atoms with van der Waals surface area (Å²) < 4.78 is 0. The number of allylic oxidation sites excluding steroid dienone is 2. The van der Waals surface area contributed by atoms with Crippen molar-refractivity contribution in [2.24, 2.45) is 0 Å². The molecular weight excluding hydrogens is 653 g/mol. The van der Waals surface area contributed by atoms with E-state index in [1.807, 2.05) is 0 Å². The van der Waals surface area contributed by atoms with Gasteiger partial charge in [0.15, 0.2) is 0 Å². The van der Waals surface area contributed by atoms with Crippen LogP contribution in [0.2, 0.25) is 0 Å². The molecule has 0 aliphatic heterocycles. The highest BCUT2D eigenvalue weighted by molar-refractivity contribution is 6.10. The summed E-state index contributed by atoms with van der Waals surface area (Å²) in [7, 11) is 0. The molecule has 0 radical (unpaired) electrons. The Bertz CT molecular complexity index is 2590. The summed E-state index contributed by atoms with van der Waals surface area (Å²) in [6.07, 6.45) is 9.94. The maximum absolute atomic E-state index is 2.56. The summed E-state index contributed by atoms with van der Waals surface area (Å²) in [5.74, 6) is 0. The minimum Gasteiger partial charge on any atom is -0.334 e. The van der Waals surface area contributed by atoms with Crippen LogP contribution in [-0.2, 0) is 10.8 Å². The Morgan fingerprint density at radius 2 is 1.02 bits per heavy atom. The first-order chi connectivity index (χ1) is 26.3. The van der Waals surface area contributed by atoms with Crippen molar-refractivity contribution in [2.45, 2.75) is 51.0 Å². The monoisotopic (exact) mass is 696 g/mol. The van der Waals surface area contributed by atoms with E-state index >= 15 is 0 Å². The molecule has 0 N–H and O–H groups in total. The van der Waals surface area contributed by atoms with E-state index in [9.17, 15) is 0 Å². The van der Waals surface area contributed by atoms with Crippen LogP contribution in [0.1, 0.15) is 56.4 Å². The van der Waals surface area contributed by atoms with Gasteiger partial charge >= 0.3 is 0 Å². The van der Waals surface area contributed by atoms with Gasteiger partial charge in [-0.2, -0.15) is 0 Å². The van der Waals surface area contributed by atoms with Crippen LogP contribution < -0.4 is 9.80 Å². The summed E-state index contributed by atoms with van der Waals surface area (Å²) in [5.41, 5.74) is 16.7. The van der Waals surface area contributed by atoms with Gasteiger partial charge in [0.05, 0.1) is 11.7 Å². The summed E-state index contributed by atoms with van der Waals surface area (Å²) in [4.78, 5) is 4.94. The molecule has 7 aromatic rings. The molecule has 7 aromatic carbocycles. The van der Waals surface area contributed by atoms with E-state index < -0.39 is 0 Å². The Hall–Kier alpha value is -6.12. The summed E-state index contributed by atoms with van der Waals surface area (Å²) >= 11 is 0. The van der Waals surface area contributed by atoms with Crippen LogP contribution in [-0.4, -0.2) is 6.04 Å². The van der Waals surface area contributed by atoms with Crippen LogP contribution in [0.15, 0.2) is 176 Å². The lowest BCUT2D eigenvalue weighted by molar-refractivity contribution is 0.652. The molecule has 0 saturated heterocycles. The van der Waals surface area contributed by atoms with Crippen molar-refractivity contribution in [3.8, 4) is 22.3 Å². The van der Waals surface area contributed by atoms with Crippen molar-refractivity contribution in [3.63, 3.8) is 0 Å². The smallest absolute Gasteiger partial charge is 0.0559 e. The van der Waals surface area contributed by atoms with Crippen LogP contribution >= 0.6 is 0 Å². The summed E-state index contributed by atoms with van der Waals surface area (Å²) in [6.45, 7) is 9.69. The topological polar surface area (TPSA) is 6.48 Å². The van der Waals surface area contributed by atoms with E-state index in [2.05, 4.69) is 213 Å². The van der Waals surface area contributed by atoms with E-state index in [0.29, 0.717) is 0 Å². The van der Waals surface area contributed by atoms with Gasteiger partial charge in [0, 0.05) is 39.0 Å². The first-order valence-electron chi connectivity index (χ1n) is 19.3. The molecule has 262 valence electrons. The minimum absolute atomic E-state index is 0.166. The average Bonchev–Trinajstić information content (AvgIpc) is 3.57. The van der Waals surface area contributed by atoms with Crippen LogP contribution in [0, 0.1) is 0 Å². The highest BCUT2D eigenvalue weighted by Gasteiger charge is 2.43. The van der Waals surface area contributed by atoms with Crippen LogP contribution in [0.25, 0.3) is 33.0 Å². The van der Waals surface area contributed by atoms with E-state index in [1.165, 1.54) is 72.3 Å². The molecule has 0 aromatic heterocycles. The maximum Gasteiger partial charge on any atom is 0.0559 e. The first kappa shape index (κ1) is 32.5. The zero-order valence-corrected chi connectivity index (χ0v) is 31.4. The van der Waals surface area contributed by atoms with Crippen LogP contribution in [0.3, 0.4) is 0 Å². The van der Waals surface area contributed by atoms with Crippen molar-refractivity contribution in [1.82, 2.24) is 0 Å². The molecule has 3 aliphatic rings. The third-order valence-corrected chi connectivity index (χ3v) is 12.3. The molecule has 10 rings (SSSR count). The number of hydrogen-bond donors (Lipinski definition) is 0. The SMILES string of the molecule is CC1(C)c2cc(N(c3ccccc3)C3C=CC=CC3)ccc2-c2cc3c(cc21)-c1c(cc(N(c2ccccc2)c2ccccc2)c2ccccc12)C3(C)C. The molecule has 0 saturated carbocycles. The van der Waals surface area contributed by atoms with Crippen LogP contribution in [0.5, 0.6) is 0 Å². The third-order valence-electron chi connectivity index (χ3n) is 12.3. The molecule has 3 aliphatic carbocycles. The van der Waals surface area contributed by atoms with Crippen molar-refractivity contribution in [3.05, 3.63) is 198 Å². The quantitative estimate of drug-likeness (QED) is 0.171. The van der Waals surface area contributed by atoms with Crippen LogP contribution in [0.4, 0.5) is 28.4 Å². The molecule has 1 atom stereocenters. The zero-order valence-electron chi connectivity index (χ0n) is 31.4. The van der Waals surface area contributed by atoms with E-state index in [0.717, 1.165) is 17.8 Å². The van der Waals surface area contributed by atoms with Gasteiger partial charge in [-0.15, -0.1) is 0 Å². The first-order valence-corrected chi connectivity index (χ1v) is 19.3. The fourth-order valence-corrected chi connectivity index (χ4v) is 9.57. The number of fused-ring (bicyclic) bond motifs is 8. The summed E-state index contributed by atoms with van der Waals surface area (Å²) in [6, 6.07) is 56.5. The second-order valence-electron chi connectivity index (χ2n) is 16.1. The lowest BCUT2D eigenvalue weighted by Gasteiger charge is -2.33.